The summed E-state index contributed by atoms with van der Waals surface area (Å²) in [6.07, 6.45) is 0. The molecule has 0 saturated heterocycles. The highest BCUT2D eigenvalue weighted by Crippen LogP contribution is 2.15. The van der Waals surface area contributed by atoms with Gasteiger partial charge in [-0.25, -0.2) is 4.79 Å². The van der Waals surface area contributed by atoms with Crippen molar-refractivity contribution in [1.82, 2.24) is 5.32 Å². The highest BCUT2D eigenvalue weighted by atomic mass is 16.4. The quantitative estimate of drug-likeness (QED) is 0.599. The van der Waals surface area contributed by atoms with E-state index in [-0.39, 0.29) is 6.61 Å². The SMILES string of the molecule is CC(C)(CO)C(=O)NC(C)(C)C(=O)O. The average molecular weight is 203 g/mol. The van der Waals surface area contributed by atoms with Crippen LogP contribution >= 0.6 is 0 Å². The molecule has 0 bridgehead atoms. The number of carboxylic acids is 1. The number of amides is 1. The van der Waals surface area contributed by atoms with Gasteiger partial charge in [0.25, 0.3) is 0 Å². The van der Waals surface area contributed by atoms with Gasteiger partial charge in [-0.3, -0.25) is 4.79 Å². The lowest BCUT2D eigenvalue weighted by atomic mass is 9.92. The van der Waals surface area contributed by atoms with Crippen LogP contribution in [0.3, 0.4) is 0 Å². The molecule has 0 aromatic carbocycles. The van der Waals surface area contributed by atoms with E-state index in [0.29, 0.717) is 0 Å². The number of aliphatic hydroxyl groups excluding tert-OH is 1. The molecule has 0 aromatic rings. The number of hydrogen-bond donors (Lipinski definition) is 3. The molecule has 5 heteroatoms. The van der Waals surface area contributed by atoms with Crippen LogP contribution in [0.5, 0.6) is 0 Å². The van der Waals surface area contributed by atoms with Gasteiger partial charge < -0.3 is 15.5 Å². The molecule has 0 rings (SSSR count). The average Bonchev–Trinajstić information content (AvgIpc) is 2.03. The molecule has 5 nitrogen and oxygen atoms in total. The van der Waals surface area contributed by atoms with Crippen molar-refractivity contribution in [1.29, 1.82) is 0 Å². The first-order valence-corrected chi connectivity index (χ1v) is 4.30. The number of carbonyl (C=O) groups excluding carboxylic acids is 1. The minimum Gasteiger partial charge on any atom is -0.480 e. The van der Waals surface area contributed by atoms with Crippen LogP contribution in [0.2, 0.25) is 0 Å². The molecule has 0 aromatic heterocycles. The van der Waals surface area contributed by atoms with E-state index in [1.165, 1.54) is 13.8 Å². The van der Waals surface area contributed by atoms with Crippen molar-refractivity contribution in [2.24, 2.45) is 5.41 Å². The summed E-state index contributed by atoms with van der Waals surface area (Å²) in [6.45, 7) is 5.54. The van der Waals surface area contributed by atoms with Crippen LogP contribution in [0.4, 0.5) is 0 Å². The van der Waals surface area contributed by atoms with Crippen LogP contribution in [0.25, 0.3) is 0 Å². The largest absolute Gasteiger partial charge is 0.480 e. The first-order valence-electron chi connectivity index (χ1n) is 4.30. The Balaban J connectivity index is 4.56. The Morgan fingerprint density at radius 2 is 1.64 bits per heavy atom. The van der Waals surface area contributed by atoms with E-state index in [9.17, 15) is 9.59 Å². The lowest BCUT2D eigenvalue weighted by Crippen LogP contribution is -2.54. The van der Waals surface area contributed by atoms with Crippen LogP contribution in [0, 0.1) is 5.41 Å². The Bertz CT molecular complexity index is 245. The van der Waals surface area contributed by atoms with E-state index in [2.05, 4.69) is 5.32 Å². The van der Waals surface area contributed by atoms with E-state index in [1.807, 2.05) is 0 Å². The fourth-order valence-corrected chi connectivity index (χ4v) is 0.578. The molecule has 1 amide bonds. The van der Waals surface area contributed by atoms with Gasteiger partial charge in [-0.1, -0.05) is 0 Å². The fraction of sp³-hybridized carbons (Fsp3) is 0.778. The predicted molar refractivity (Wildman–Crippen MR) is 50.7 cm³/mol. The molecule has 0 saturated carbocycles. The third kappa shape index (κ3) is 2.99. The summed E-state index contributed by atoms with van der Waals surface area (Å²) in [7, 11) is 0. The highest BCUT2D eigenvalue weighted by Gasteiger charge is 2.35. The van der Waals surface area contributed by atoms with Crippen LogP contribution in [0.1, 0.15) is 27.7 Å². The smallest absolute Gasteiger partial charge is 0.328 e. The van der Waals surface area contributed by atoms with Crippen LogP contribution in [-0.4, -0.2) is 34.2 Å². The fourth-order valence-electron chi connectivity index (χ4n) is 0.578. The van der Waals surface area contributed by atoms with Crippen LogP contribution < -0.4 is 5.32 Å². The van der Waals surface area contributed by atoms with Crippen molar-refractivity contribution in [3.8, 4) is 0 Å². The minimum atomic E-state index is -1.32. The van der Waals surface area contributed by atoms with Gasteiger partial charge >= 0.3 is 5.97 Å². The number of carboxylic acid groups (broad SMARTS) is 1. The predicted octanol–water partition coefficient (Wildman–Crippen LogP) is -0.0157. The lowest BCUT2D eigenvalue weighted by molar-refractivity contribution is -0.148. The summed E-state index contributed by atoms with van der Waals surface area (Å²) in [5.74, 6) is -1.59. The monoisotopic (exact) mass is 203 g/mol. The summed E-state index contributed by atoms with van der Waals surface area (Å²) in [6, 6.07) is 0. The topological polar surface area (TPSA) is 86.6 Å². The second kappa shape index (κ2) is 3.96. The van der Waals surface area contributed by atoms with E-state index in [0.717, 1.165) is 0 Å². The second-order valence-electron chi connectivity index (χ2n) is 4.43. The zero-order chi connectivity index (χ0) is 11.6. The molecular weight excluding hydrogens is 186 g/mol. The highest BCUT2D eigenvalue weighted by molar-refractivity contribution is 5.89. The standard InChI is InChI=1S/C9H17NO4/c1-8(2,5-11)6(12)10-9(3,4)7(13)14/h11H,5H2,1-4H3,(H,10,12)(H,13,14). The van der Waals surface area contributed by atoms with Gasteiger partial charge in [-0.05, 0) is 27.7 Å². The number of nitrogens with one attached hydrogen (secondary N) is 1. The molecule has 0 radical (unpaired) electrons. The van der Waals surface area contributed by atoms with Crippen molar-refractivity contribution in [2.45, 2.75) is 33.2 Å². The Morgan fingerprint density at radius 3 is 1.93 bits per heavy atom. The van der Waals surface area contributed by atoms with Gasteiger partial charge in [-0.15, -0.1) is 0 Å². The van der Waals surface area contributed by atoms with Crippen molar-refractivity contribution in [3.63, 3.8) is 0 Å². The molecule has 0 spiro atoms. The third-order valence-electron chi connectivity index (χ3n) is 1.97. The number of aliphatic hydroxyl groups is 1. The zero-order valence-corrected chi connectivity index (χ0v) is 8.92. The van der Waals surface area contributed by atoms with E-state index < -0.39 is 22.8 Å². The van der Waals surface area contributed by atoms with Gasteiger partial charge in [0.2, 0.25) is 5.91 Å². The molecule has 0 unspecified atom stereocenters. The molecule has 0 aliphatic heterocycles. The van der Waals surface area contributed by atoms with Gasteiger partial charge in [-0.2, -0.15) is 0 Å². The van der Waals surface area contributed by atoms with Crippen molar-refractivity contribution in [3.05, 3.63) is 0 Å². The molecule has 0 fully saturated rings. The number of carbonyl (C=O) groups is 2. The van der Waals surface area contributed by atoms with Gasteiger partial charge in [0.1, 0.15) is 5.54 Å². The summed E-state index contributed by atoms with van der Waals surface area (Å²) in [5, 5.41) is 20.0. The van der Waals surface area contributed by atoms with Gasteiger partial charge in [0.15, 0.2) is 0 Å². The van der Waals surface area contributed by atoms with Crippen LogP contribution in [-0.2, 0) is 9.59 Å². The number of aliphatic carboxylic acids is 1. The summed E-state index contributed by atoms with van der Waals surface area (Å²) in [5.41, 5.74) is -2.28. The molecule has 14 heavy (non-hydrogen) atoms. The Morgan fingerprint density at radius 1 is 1.21 bits per heavy atom. The Kier molecular flexibility index (Phi) is 3.65. The maximum Gasteiger partial charge on any atom is 0.328 e. The summed E-state index contributed by atoms with van der Waals surface area (Å²) < 4.78 is 0. The minimum absolute atomic E-state index is 0.325. The molecule has 0 atom stereocenters. The first-order chi connectivity index (χ1) is 6.13. The molecule has 82 valence electrons. The van der Waals surface area contributed by atoms with Crippen molar-refractivity contribution < 1.29 is 19.8 Å². The van der Waals surface area contributed by atoms with Crippen LogP contribution in [0.15, 0.2) is 0 Å². The number of rotatable bonds is 4. The Labute approximate surface area is 83.1 Å². The molecule has 0 heterocycles. The van der Waals surface area contributed by atoms with E-state index in [4.69, 9.17) is 10.2 Å². The molecule has 0 aliphatic carbocycles. The van der Waals surface area contributed by atoms with Gasteiger partial charge in [0, 0.05) is 0 Å². The first kappa shape index (κ1) is 12.9. The van der Waals surface area contributed by atoms with Gasteiger partial charge in [0.05, 0.1) is 12.0 Å². The van der Waals surface area contributed by atoms with E-state index in [1.54, 1.807) is 13.8 Å². The van der Waals surface area contributed by atoms with E-state index >= 15 is 0 Å². The van der Waals surface area contributed by atoms with Crippen molar-refractivity contribution >= 4 is 11.9 Å². The molecule has 3 N–H and O–H groups in total. The summed E-state index contributed by atoms with van der Waals surface area (Å²) in [4.78, 5) is 22.2. The normalized spacial score (nSPS) is 12.4. The van der Waals surface area contributed by atoms with Crippen molar-refractivity contribution in [2.75, 3.05) is 6.61 Å². The maximum atomic E-state index is 11.5. The lowest BCUT2D eigenvalue weighted by Gasteiger charge is -2.27. The Hall–Kier alpha value is -1.10. The maximum absolute atomic E-state index is 11.5. The molecule has 0 aliphatic rings. The number of hydrogen-bond acceptors (Lipinski definition) is 3. The zero-order valence-electron chi connectivity index (χ0n) is 8.92. The second-order valence-corrected chi connectivity index (χ2v) is 4.43. The molecular formula is C9H17NO4. The third-order valence-corrected chi connectivity index (χ3v) is 1.97. The summed E-state index contributed by atoms with van der Waals surface area (Å²) >= 11 is 0.